The molecule has 0 spiro atoms. The lowest BCUT2D eigenvalue weighted by molar-refractivity contribution is 0.408. The van der Waals surface area contributed by atoms with E-state index in [1.807, 2.05) is 31.3 Å². The van der Waals surface area contributed by atoms with Crippen LogP contribution in [0.15, 0.2) is 53.6 Å². The zero-order valence-corrected chi connectivity index (χ0v) is 18.2. The molecule has 2 aromatic heterocycles. The Bertz CT molecular complexity index is 1350. The van der Waals surface area contributed by atoms with Crippen LogP contribution in [0.4, 0.5) is 4.39 Å². The molecule has 8 nitrogen and oxygen atoms in total. The minimum Gasteiger partial charge on any atom is -0.424 e. The van der Waals surface area contributed by atoms with Gasteiger partial charge in [-0.25, -0.2) is 17.5 Å². The van der Waals surface area contributed by atoms with Gasteiger partial charge in [-0.05, 0) is 49.6 Å². The maximum Gasteiger partial charge on any atom is 0.322 e. The summed E-state index contributed by atoms with van der Waals surface area (Å²) in [5, 5.41) is 8.91. The van der Waals surface area contributed by atoms with E-state index in [2.05, 4.69) is 19.9 Å². The Hall–Kier alpha value is -2.95. The first-order chi connectivity index (χ1) is 14.8. The molecule has 0 bridgehead atoms. The lowest BCUT2D eigenvalue weighted by Crippen LogP contribution is -2.29. The van der Waals surface area contributed by atoms with Crippen LogP contribution in [0.25, 0.3) is 10.9 Å². The minimum absolute atomic E-state index is 0.211. The third-order valence-electron chi connectivity index (χ3n) is 4.72. The van der Waals surface area contributed by atoms with Crippen LogP contribution in [-0.4, -0.2) is 28.2 Å². The summed E-state index contributed by atoms with van der Waals surface area (Å²) in [5.74, 6) is -0.133. The number of halogens is 2. The second kappa shape index (κ2) is 8.29. The molecule has 11 heteroatoms. The SMILES string of the molecule is CCn1c(Oc2ccc3cc[nH]c3c2)nnc1[C@@H](C)NS(=O)(=O)c1cccc(Cl)c1F. The fraction of sp³-hybridized carbons (Fsp3) is 0.200. The van der Waals surface area contributed by atoms with Gasteiger partial charge in [0.15, 0.2) is 11.6 Å². The molecule has 0 aliphatic heterocycles. The molecule has 2 N–H and O–H groups in total. The summed E-state index contributed by atoms with van der Waals surface area (Å²) >= 11 is 5.72. The molecule has 0 saturated heterocycles. The van der Waals surface area contributed by atoms with Crippen molar-refractivity contribution >= 4 is 32.5 Å². The van der Waals surface area contributed by atoms with Crippen LogP contribution in [0.5, 0.6) is 11.8 Å². The molecular formula is C20H19ClFN5O3S. The Morgan fingerprint density at radius 2 is 2.06 bits per heavy atom. The van der Waals surface area contributed by atoms with Crippen molar-refractivity contribution in [1.82, 2.24) is 24.5 Å². The zero-order chi connectivity index (χ0) is 22.2. The van der Waals surface area contributed by atoms with Crippen molar-refractivity contribution in [3.8, 4) is 11.8 Å². The summed E-state index contributed by atoms with van der Waals surface area (Å²) < 4.78 is 49.5. The second-order valence-corrected chi connectivity index (χ2v) is 8.90. The molecular weight excluding hydrogens is 445 g/mol. The van der Waals surface area contributed by atoms with E-state index in [1.165, 1.54) is 12.1 Å². The zero-order valence-electron chi connectivity index (χ0n) is 16.6. The number of benzene rings is 2. The average Bonchev–Trinajstić information content (AvgIpc) is 3.35. The molecule has 0 unspecified atom stereocenters. The topological polar surface area (TPSA) is 102 Å². The average molecular weight is 464 g/mol. The molecule has 162 valence electrons. The standard InChI is InChI=1S/C20H19ClFN5O3S/c1-3-27-19(12(2)26-31(28,29)17-6-4-5-15(21)18(17)22)24-25-20(27)30-14-8-7-13-9-10-23-16(13)11-14/h4-12,23,26H,3H2,1-2H3/t12-/m1/s1. The quantitative estimate of drug-likeness (QED) is 0.423. The van der Waals surface area contributed by atoms with E-state index in [4.69, 9.17) is 16.3 Å². The number of fused-ring (bicyclic) bond motifs is 1. The highest BCUT2D eigenvalue weighted by molar-refractivity contribution is 7.89. The van der Waals surface area contributed by atoms with Gasteiger partial charge in [-0.2, -0.15) is 0 Å². The van der Waals surface area contributed by atoms with E-state index >= 15 is 0 Å². The van der Waals surface area contributed by atoms with Gasteiger partial charge >= 0.3 is 6.01 Å². The van der Waals surface area contributed by atoms with E-state index in [-0.39, 0.29) is 11.0 Å². The first-order valence-electron chi connectivity index (χ1n) is 9.44. The van der Waals surface area contributed by atoms with Gasteiger partial charge in [0.05, 0.1) is 11.1 Å². The number of ether oxygens (including phenoxy) is 1. The molecule has 0 aliphatic rings. The molecule has 0 radical (unpaired) electrons. The van der Waals surface area contributed by atoms with E-state index < -0.39 is 26.8 Å². The second-order valence-electron chi connectivity index (χ2n) is 6.81. The van der Waals surface area contributed by atoms with E-state index in [0.29, 0.717) is 18.1 Å². The van der Waals surface area contributed by atoms with Gasteiger partial charge in [-0.1, -0.05) is 22.8 Å². The fourth-order valence-corrected chi connectivity index (χ4v) is 4.76. The van der Waals surface area contributed by atoms with Gasteiger partial charge in [0.1, 0.15) is 10.6 Å². The number of aromatic nitrogens is 4. The van der Waals surface area contributed by atoms with Crippen molar-refractivity contribution < 1.29 is 17.5 Å². The third-order valence-corrected chi connectivity index (χ3v) is 6.57. The lowest BCUT2D eigenvalue weighted by atomic mass is 10.2. The molecule has 31 heavy (non-hydrogen) atoms. The molecule has 2 aromatic carbocycles. The predicted octanol–water partition coefficient (Wildman–Crippen LogP) is 4.40. The highest BCUT2D eigenvalue weighted by atomic mass is 35.5. The predicted molar refractivity (Wildman–Crippen MR) is 114 cm³/mol. The Morgan fingerprint density at radius 1 is 1.26 bits per heavy atom. The number of hydrogen-bond donors (Lipinski definition) is 2. The summed E-state index contributed by atoms with van der Waals surface area (Å²) in [5.41, 5.74) is 0.907. The summed E-state index contributed by atoms with van der Waals surface area (Å²) in [4.78, 5) is 2.57. The summed E-state index contributed by atoms with van der Waals surface area (Å²) in [7, 11) is -4.19. The van der Waals surface area contributed by atoms with Crippen LogP contribution in [-0.2, 0) is 16.6 Å². The molecule has 0 fully saturated rings. The normalized spacial score (nSPS) is 12.9. The summed E-state index contributed by atoms with van der Waals surface area (Å²) in [6, 6.07) is 10.7. The van der Waals surface area contributed by atoms with Crippen molar-refractivity contribution in [2.24, 2.45) is 0 Å². The number of sulfonamides is 1. The number of hydrogen-bond acceptors (Lipinski definition) is 5. The van der Waals surface area contributed by atoms with Crippen molar-refractivity contribution in [2.75, 3.05) is 0 Å². The maximum atomic E-state index is 14.2. The van der Waals surface area contributed by atoms with Crippen LogP contribution in [0.1, 0.15) is 25.7 Å². The number of nitrogens with zero attached hydrogens (tertiary/aromatic N) is 3. The van der Waals surface area contributed by atoms with Crippen molar-refractivity contribution in [1.29, 1.82) is 0 Å². The summed E-state index contributed by atoms with van der Waals surface area (Å²) in [6.07, 6.45) is 1.83. The Morgan fingerprint density at radius 3 is 2.84 bits per heavy atom. The molecule has 2 heterocycles. The van der Waals surface area contributed by atoms with Gasteiger partial charge in [0.2, 0.25) is 10.0 Å². The van der Waals surface area contributed by atoms with E-state index in [1.54, 1.807) is 17.6 Å². The first kappa shape index (κ1) is 21.3. The van der Waals surface area contributed by atoms with Crippen LogP contribution < -0.4 is 9.46 Å². The van der Waals surface area contributed by atoms with Gasteiger partial charge in [-0.15, -0.1) is 5.10 Å². The molecule has 0 amide bonds. The van der Waals surface area contributed by atoms with Crippen molar-refractivity contribution in [3.05, 3.63) is 65.3 Å². The Kier molecular flexibility index (Phi) is 5.69. The monoisotopic (exact) mass is 463 g/mol. The highest BCUT2D eigenvalue weighted by Crippen LogP contribution is 2.27. The Labute approximate surface area is 183 Å². The van der Waals surface area contributed by atoms with Gasteiger partial charge in [0.25, 0.3) is 0 Å². The first-order valence-corrected chi connectivity index (χ1v) is 11.3. The number of aromatic amines is 1. The smallest absolute Gasteiger partial charge is 0.322 e. The molecule has 4 rings (SSSR count). The largest absolute Gasteiger partial charge is 0.424 e. The third kappa shape index (κ3) is 4.14. The fourth-order valence-electron chi connectivity index (χ4n) is 3.23. The van der Waals surface area contributed by atoms with Gasteiger partial charge in [-0.3, -0.25) is 4.57 Å². The van der Waals surface area contributed by atoms with Crippen LogP contribution in [0.2, 0.25) is 5.02 Å². The van der Waals surface area contributed by atoms with Crippen molar-refractivity contribution in [3.63, 3.8) is 0 Å². The van der Waals surface area contributed by atoms with Crippen LogP contribution in [0.3, 0.4) is 0 Å². The minimum atomic E-state index is -4.19. The van der Waals surface area contributed by atoms with Crippen LogP contribution >= 0.6 is 11.6 Å². The molecule has 4 aromatic rings. The number of H-pyrrole nitrogens is 1. The van der Waals surface area contributed by atoms with Gasteiger partial charge in [0, 0.05) is 24.3 Å². The van der Waals surface area contributed by atoms with E-state index in [0.717, 1.165) is 17.0 Å². The lowest BCUT2D eigenvalue weighted by Gasteiger charge is -2.16. The van der Waals surface area contributed by atoms with E-state index in [9.17, 15) is 12.8 Å². The Balaban J connectivity index is 1.59. The molecule has 0 saturated carbocycles. The highest BCUT2D eigenvalue weighted by Gasteiger charge is 2.26. The van der Waals surface area contributed by atoms with Crippen LogP contribution in [0, 0.1) is 5.82 Å². The molecule has 0 aliphatic carbocycles. The molecule has 1 atom stereocenters. The van der Waals surface area contributed by atoms with Crippen molar-refractivity contribution in [2.45, 2.75) is 31.3 Å². The van der Waals surface area contributed by atoms with Gasteiger partial charge < -0.3 is 9.72 Å². The number of rotatable bonds is 7. The summed E-state index contributed by atoms with van der Waals surface area (Å²) in [6.45, 7) is 3.87. The number of nitrogens with one attached hydrogen (secondary N) is 2. The maximum absolute atomic E-state index is 14.2.